The van der Waals surface area contributed by atoms with E-state index in [0.717, 1.165) is 55.5 Å². The van der Waals surface area contributed by atoms with E-state index in [9.17, 15) is 43.8 Å². The standard InChI is InChI=1S/C28H37ClO7.C26H29FN2O2.ClH/c1-6-23(33)35-15-22(32)28(36-24(34)7-2)16(3)12-20-19-9-8-17-13-18(30)10-11-25(17,4)27(19,29)21(31)14-26(20,28)5;1-19-17-29(16-15-26(19,24(30)31)21-5-3-2-4-6-21)23-11-13-25(18-28,14-12-23)20-7-9-22(27)10-8-20;/h10-11,13,16,19-21,31H,6-9,12,14-15H2,1-5H3;2-10,19,23H,11-17H2,1H3,(H,30,31);1H/t16-,19-,20-,21-,25-,26-,27-,28-;19-,23?,25?,26-;/m01./s1. The molecule has 5 fully saturated rings. The van der Waals surface area contributed by atoms with Gasteiger partial charge in [-0.2, -0.15) is 5.26 Å². The fraction of sp³-hybridized carbons (Fsp3) is 0.593. The topological polar surface area (TPSA) is 171 Å². The summed E-state index contributed by atoms with van der Waals surface area (Å²) in [4.78, 5) is 64.3. The minimum atomic E-state index is -1.55. The lowest BCUT2D eigenvalue weighted by Crippen LogP contribution is -2.69. The van der Waals surface area contributed by atoms with Gasteiger partial charge in [0.05, 0.1) is 27.9 Å². The summed E-state index contributed by atoms with van der Waals surface area (Å²) in [7, 11) is 0. The third kappa shape index (κ3) is 8.55. The van der Waals surface area contributed by atoms with Crippen molar-refractivity contribution in [2.45, 2.75) is 146 Å². The normalized spacial score (nSPS) is 37.2. The highest BCUT2D eigenvalue weighted by molar-refractivity contribution is 6.26. The van der Waals surface area contributed by atoms with Gasteiger partial charge in [-0.1, -0.05) is 95.7 Å². The van der Waals surface area contributed by atoms with Gasteiger partial charge in [0.2, 0.25) is 5.78 Å². The van der Waals surface area contributed by atoms with E-state index in [1.54, 1.807) is 32.1 Å². The number of aliphatic hydroxyl groups is 1. The number of nitriles is 1. The van der Waals surface area contributed by atoms with Crippen molar-refractivity contribution in [1.29, 1.82) is 5.26 Å². The average Bonchev–Trinajstić information content (AvgIpc) is 3.54. The number of carboxylic acid groups (broad SMARTS) is 1. The van der Waals surface area contributed by atoms with Gasteiger partial charge in [0.1, 0.15) is 5.82 Å². The summed E-state index contributed by atoms with van der Waals surface area (Å²) in [5, 5.41) is 31.9. The van der Waals surface area contributed by atoms with Crippen LogP contribution in [0.3, 0.4) is 0 Å². The number of carbonyl (C=O) groups is 5. The number of esters is 2. The summed E-state index contributed by atoms with van der Waals surface area (Å²) in [5.74, 6) is -3.28. The molecule has 0 amide bonds. The molecule has 4 saturated carbocycles. The first kappa shape index (κ1) is 53.0. The molecule has 1 saturated heterocycles. The molecule has 2 aromatic carbocycles. The lowest BCUT2D eigenvalue weighted by atomic mass is 9.45. The van der Waals surface area contributed by atoms with Crippen molar-refractivity contribution >= 4 is 53.5 Å². The molecule has 0 radical (unpaired) electrons. The van der Waals surface area contributed by atoms with Gasteiger partial charge in [-0.15, -0.1) is 24.0 Å². The summed E-state index contributed by atoms with van der Waals surface area (Å²) in [6.45, 7) is 12.1. The number of fused-ring (bicyclic) bond motifs is 5. The van der Waals surface area contributed by atoms with Crippen LogP contribution in [0.25, 0.3) is 0 Å². The Morgan fingerprint density at radius 2 is 1.56 bits per heavy atom. The Morgan fingerprint density at radius 3 is 2.15 bits per heavy atom. The van der Waals surface area contributed by atoms with Crippen molar-refractivity contribution in [3.8, 4) is 6.07 Å². The Balaban J connectivity index is 0.000000223. The SMILES string of the molecule is CCC(=O)OCC(=O)[C@@]1(OC(=O)CC)[C@@H](C)C[C@H]2[C@@H]3CCC4=CC(=O)C=C[C@]4(C)[C@@]3(Cl)[C@@H](O)C[C@@]21C.C[C@@H]1CN(C2CCC(C#N)(c3ccc(F)cc3)CC2)CC[C@]1(C(=O)O)c1ccccc1.Cl. The molecule has 68 heavy (non-hydrogen) atoms. The first-order valence-corrected chi connectivity index (χ1v) is 24.5. The van der Waals surface area contributed by atoms with Gasteiger partial charge in [-0.05, 0) is 117 Å². The minimum absolute atomic E-state index is 0. The van der Waals surface area contributed by atoms with Crippen LogP contribution in [0, 0.1) is 51.6 Å². The largest absolute Gasteiger partial charge is 0.481 e. The van der Waals surface area contributed by atoms with Gasteiger partial charge in [0, 0.05) is 42.2 Å². The van der Waals surface area contributed by atoms with E-state index in [1.165, 1.54) is 18.2 Å². The molecule has 6 aliphatic rings. The molecule has 0 aromatic heterocycles. The van der Waals surface area contributed by atoms with Crippen LogP contribution in [0.5, 0.6) is 0 Å². The molecule has 2 N–H and O–H groups in total. The highest BCUT2D eigenvalue weighted by atomic mass is 35.5. The van der Waals surface area contributed by atoms with Crippen LogP contribution in [0.2, 0.25) is 0 Å². The Bertz CT molecular complexity index is 2350. The molecule has 0 bridgehead atoms. The number of hydrogen-bond donors (Lipinski definition) is 2. The molecule has 1 aliphatic heterocycles. The molecule has 8 rings (SSSR count). The molecular formula is C54H67Cl2FN2O9. The predicted octanol–water partition coefficient (Wildman–Crippen LogP) is 9.40. The summed E-state index contributed by atoms with van der Waals surface area (Å²) >= 11 is 7.48. The monoisotopic (exact) mass is 976 g/mol. The van der Waals surface area contributed by atoms with E-state index < -0.39 is 68.5 Å². The second-order valence-electron chi connectivity index (χ2n) is 20.6. The number of aliphatic carboxylic acids is 1. The Hall–Kier alpha value is -4.41. The number of Topliss-reactive ketones (excluding diaryl/α,β-unsaturated/α-hetero) is 1. The number of rotatable bonds is 10. The van der Waals surface area contributed by atoms with Crippen LogP contribution in [-0.2, 0) is 44.3 Å². The Kier molecular flexibility index (Phi) is 15.7. The van der Waals surface area contributed by atoms with E-state index in [0.29, 0.717) is 31.7 Å². The molecule has 0 unspecified atom stereocenters. The number of nitrogens with zero attached hydrogens (tertiary/aromatic N) is 2. The van der Waals surface area contributed by atoms with E-state index in [2.05, 4.69) is 11.0 Å². The van der Waals surface area contributed by atoms with Crippen LogP contribution < -0.4 is 0 Å². The quantitative estimate of drug-likeness (QED) is 0.172. The second kappa shape index (κ2) is 20.1. The lowest BCUT2D eigenvalue weighted by Gasteiger charge is -2.64. The van der Waals surface area contributed by atoms with Gasteiger partial charge in [0.15, 0.2) is 18.0 Å². The Morgan fingerprint density at radius 1 is 0.912 bits per heavy atom. The first-order valence-electron chi connectivity index (χ1n) is 24.1. The maximum absolute atomic E-state index is 13.9. The zero-order valence-electron chi connectivity index (χ0n) is 40.1. The van der Waals surface area contributed by atoms with Crippen LogP contribution in [0.1, 0.15) is 123 Å². The van der Waals surface area contributed by atoms with Crippen LogP contribution in [-0.4, -0.2) is 86.9 Å². The van der Waals surface area contributed by atoms with Crippen LogP contribution in [0.15, 0.2) is 78.4 Å². The molecule has 2 aromatic rings. The van der Waals surface area contributed by atoms with Crippen molar-refractivity contribution < 1.29 is 48.0 Å². The summed E-state index contributed by atoms with van der Waals surface area (Å²) in [5.41, 5.74) is -1.89. The van der Waals surface area contributed by atoms with Crippen molar-refractivity contribution in [1.82, 2.24) is 4.90 Å². The van der Waals surface area contributed by atoms with Crippen LogP contribution in [0.4, 0.5) is 4.39 Å². The van der Waals surface area contributed by atoms with Gasteiger partial charge < -0.3 is 24.6 Å². The number of alkyl halides is 1. The van der Waals surface area contributed by atoms with Crippen molar-refractivity contribution in [2.75, 3.05) is 19.7 Å². The maximum atomic E-state index is 13.9. The van der Waals surface area contributed by atoms with Gasteiger partial charge in [0.25, 0.3) is 0 Å². The Labute approximate surface area is 411 Å². The molecule has 368 valence electrons. The average molecular weight is 978 g/mol. The highest BCUT2D eigenvalue weighted by Crippen LogP contribution is 2.72. The molecule has 5 aliphatic carbocycles. The number of aliphatic hydroxyl groups excluding tert-OH is 1. The zero-order chi connectivity index (χ0) is 48.7. The van der Waals surface area contributed by atoms with Crippen molar-refractivity contribution in [2.24, 2.45) is 34.5 Å². The van der Waals surface area contributed by atoms with Gasteiger partial charge >= 0.3 is 17.9 Å². The molecular weight excluding hydrogens is 911 g/mol. The number of hydrogen-bond acceptors (Lipinski definition) is 10. The molecule has 11 nitrogen and oxygen atoms in total. The van der Waals surface area contributed by atoms with Crippen molar-refractivity contribution in [3.05, 3.63) is 95.3 Å². The summed E-state index contributed by atoms with van der Waals surface area (Å²) in [6, 6.07) is 18.8. The fourth-order valence-corrected chi connectivity index (χ4v) is 14.3. The number of ether oxygens (including phenoxy) is 2. The first-order chi connectivity index (χ1) is 31.7. The second-order valence-corrected chi connectivity index (χ2v) is 21.2. The smallest absolute Gasteiger partial charge is 0.314 e. The highest BCUT2D eigenvalue weighted by Gasteiger charge is 2.76. The van der Waals surface area contributed by atoms with Gasteiger partial charge in [-0.3, -0.25) is 24.0 Å². The number of carbonyl (C=O) groups excluding carboxylic acids is 4. The fourth-order valence-electron chi connectivity index (χ4n) is 13.8. The number of piperidine rings is 1. The zero-order valence-corrected chi connectivity index (χ0v) is 41.7. The number of likely N-dealkylation sites (tertiary alicyclic amines) is 1. The van der Waals surface area contributed by atoms with Crippen molar-refractivity contribution in [3.63, 3.8) is 0 Å². The lowest BCUT2D eigenvalue weighted by molar-refractivity contribution is -0.203. The van der Waals surface area contributed by atoms with E-state index in [4.69, 9.17) is 21.1 Å². The van der Waals surface area contributed by atoms with Gasteiger partial charge in [-0.25, -0.2) is 4.39 Å². The summed E-state index contributed by atoms with van der Waals surface area (Å²) < 4.78 is 24.6. The third-order valence-electron chi connectivity index (χ3n) is 17.6. The third-order valence-corrected chi connectivity index (χ3v) is 18.5. The number of ketones is 2. The van der Waals surface area contributed by atoms with Crippen LogP contribution >= 0.6 is 24.0 Å². The van der Waals surface area contributed by atoms with E-state index in [1.807, 2.05) is 64.1 Å². The molecule has 1 heterocycles. The molecule has 10 atom stereocenters. The number of benzene rings is 2. The predicted molar refractivity (Wildman–Crippen MR) is 257 cm³/mol. The number of allylic oxidation sites excluding steroid dienone is 4. The minimum Gasteiger partial charge on any atom is -0.481 e. The summed E-state index contributed by atoms with van der Waals surface area (Å²) in [6.07, 6.45) is 10.0. The number of halogens is 3. The molecule has 0 spiro atoms. The van der Waals surface area contributed by atoms with E-state index >= 15 is 0 Å². The maximum Gasteiger partial charge on any atom is 0.314 e. The number of carboxylic acids is 1. The molecule has 14 heteroatoms. The van der Waals surface area contributed by atoms with E-state index in [-0.39, 0.29) is 66.9 Å².